The van der Waals surface area contributed by atoms with E-state index in [1.165, 1.54) is 11.1 Å². The molecule has 0 spiro atoms. The first kappa shape index (κ1) is 18.9. The number of aromatic nitrogens is 2. The summed E-state index contributed by atoms with van der Waals surface area (Å²) in [5.41, 5.74) is -0.0223. The number of amides is 1. The second-order valence-corrected chi connectivity index (χ2v) is 9.34. The van der Waals surface area contributed by atoms with Gasteiger partial charge in [0.15, 0.2) is 0 Å². The van der Waals surface area contributed by atoms with Gasteiger partial charge in [-0.15, -0.1) is 0 Å². The van der Waals surface area contributed by atoms with Crippen LogP contribution in [-0.2, 0) is 14.6 Å². The number of carbonyl (C=O) groups excluding carboxylic acids is 1. The fraction of sp³-hybridized carbons (Fsp3) is 0.667. The van der Waals surface area contributed by atoms with Crippen molar-refractivity contribution in [1.29, 1.82) is 0 Å². The van der Waals surface area contributed by atoms with Crippen molar-refractivity contribution in [1.82, 2.24) is 14.9 Å². The summed E-state index contributed by atoms with van der Waals surface area (Å²) in [6.07, 6.45) is 1.89. The molecule has 134 valence electrons. The molecule has 1 aromatic heterocycles. The molecule has 1 saturated heterocycles. The minimum absolute atomic E-state index is 0.0616. The van der Waals surface area contributed by atoms with E-state index in [9.17, 15) is 13.2 Å². The molecule has 9 heteroatoms. The van der Waals surface area contributed by atoms with Gasteiger partial charge in [0.05, 0.1) is 5.25 Å². The summed E-state index contributed by atoms with van der Waals surface area (Å²) < 4.78 is 30.8. The van der Waals surface area contributed by atoms with Gasteiger partial charge < -0.3 is 9.64 Å². The normalized spacial score (nSPS) is 19.2. The predicted octanol–water partition coefficient (Wildman–Crippen LogP) is 2.61. The molecule has 0 bridgehead atoms. The fourth-order valence-electron chi connectivity index (χ4n) is 2.38. The molecule has 0 saturated carbocycles. The van der Waals surface area contributed by atoms with Crippen LogP contribution in [0.5, 0.6) is 0 Å². The smallest absolute Gasteiger partial charge is 0.410 e. The number of hydrogen-bond donors (Lipinski definition) is 0. The van der Waals surface area contributed by atoms with E-state index in [0.29, 0.717) is 24.9 Å². The van der Waals surface area contributed by atoms with Crippen molar-refractivity contribution in [3.8, 4) is 0 Å². The van der Waals surface area contributed by atoms with Crippen molar-refractivity contribution in [2.24, 2.45) is 0 Å². The minimum atomic E-state index is -3.77. The molecular weight excluding hydrogens is 354 g/mol. The van der Waals surface area contributed by atoms with Crippen LogP contribution in [0, 0.1) is 6.92 Å². The number of aryl methyl sites for hydroxylation is 1. The maximum atomic E-state index is 12.7. The van der Waals surface area contributed by atoms with Gasteiger partial charge in [0.25, 0.3) is 0 Å². The molecule has 0 aromatic carbocycles. The third-order valence-corrected chi connectivity index (χ3v) is 5.96. The zero-order chi connectivity index (χ0) is 18.1. The van der Waals surface area contributed by atoms with Gasteiger partial charge in [-0.1, -0.05) is 11.6 Å². The molecule has 0 aliphatic carbocycles. The van der Waals surface area contributed by atoms with E-state index in [0.717, 1.165) is 0 Å². The molecule has 2 heterocycles. The van der Waals surface area contributed by atoms with E-state index >= 15 is 0 Å². The first-order chi connectivity index (χ1) is 11.0. The van der Waals surface area contributed by atoms with Crippen LogP contribution < -0.4 is 0 Å². The average Bonchev–Trinajstić information content (AvgIpc) is 2.48. The number of ether oxygens (including phenoxy) is 1. The van der Waals surface area contributed by atoms with Crippen LogP contribution in [0.15, 0.2) is 11.4 Å². The van der Waals surface area contributed by atoms with Crippen LogP contribution >= 0.6 is 11.6 Å². The summed E-state index contributed by atoms with van der Waals surface area (Å²) in [7, 11) is -3.77. The molecule has 24 heavy (non-hydrogen) atoms. The van der Waals surface area contributed by atoms with E-state index in [-0.39, 0.29) is 16.9 Å². The molecule has 1 aromatic rings. The first-order valence-electron chi connectivity index (χ1n) is 7.71. The molecule has 1 aliphatic heterocycles. The number of hydrogen-bond acceptors (Lipinski definition) is 6. The lowest BCUT2D eigenvalue weighted by Gasteiger charge is -2.33. The number of carbonyl (C=O) groups is 1. The van der Waals surface area contributed by atoms with Gasteiger partial charge >= 0.3 is 6.09 Å². The van der Waals surface area contributed by atoms with Crippen molar-refractivity contribution in [3.05, 3.63) is 16.9 Å². The molecule has 1 amide bonds. The monoisotopic (exact) mass is 375 g/mol. The maximum Gasteiger partial charge on any atom is 0.410 e. The van der Waals surface area contributed by atoms with E-state index in [1.807, 2.05) is 0 Å². The molecule has 1 fully saturated rings. The molecule has 1 aliphatic rings. The number of halogens is 1. The quantitative estimate of drug-likeness (QED) is 0.583. The van der Waals surface area contributed by atoms with Crippen molar-refractivity contribution in [2.75, 3.05) is 13.1 Å². The second-order valence-electron chi connectivity index (χ2n) is 6.86. The van der Waals surface area contributed by atoms with Gasteiger partial charge in [-0.25, -0.2) is 23.2 Å². The van der Waals surface area contributed by atoms with Gasteiger partial charge in [0.2, 0.25) is 15.0 Å². The Hall–Kier alpha value is -1.41. The highest BCUT2D eigenvalue weighted by molar-refractivity contribution is 7.91. The van der Waals surface area contributed by atoms with Gasteiger partial charge in [0.1, 0.15) is 10.8 Å². The topological polar surface area (TPSA) is 89.5 Å². The van der Waals surface area contributed by atoms with Crippen molar-refractivity contribution in [2.45, 2.75) is 56.5 Å². The summed E-state index contributed by atoms with van der Waals surface area (Å²) in [4.78, 5) is 21.4. The predicted molar refractivity (Wildman–Crippen MR) is 89.8 cm³/mol. The summed E-state index contributed by atoms with van der Waals surface area (Å²) in [6.45, 7) is 7.54. The number of nitrogens with zero attached hydrogens (tertiary/aromatic N) is 3. The van der Waals surface area contributed by atoms with Gasteiger partial charge in [-0.3, -0.25) is 0 Å². The minimum Gasteiger partial charge on any atom is -0.444 e. The zero-order valence-electron chi connectivity index (χ0n) is 14.2. The summed E-state index contributed by atoms with van der Waals surface area (Å²) in [5, 5.41) is -0.949. The lowest BCUT2D eigenvalue weighted by Crippen LogP contribution is -2.47. The lowest BCUT2D eigenvalue weighted by atomic mass is 10.1. The number of piperidine rings is 1. The largest absolute Gasteiger partial charge is 0.444 e. The SMILES string of the molecule is Cc1cnc(S(=O)(=O)C2CCCN(C(=O)OC(C)(C)C)C2)nc1Cl. The van der Waals surface area contributed by atoms with E-state index in [1.54, 1.807) is 27.7 Å². The van der Waals surface area contributed by atoms with Crippen LogP contribution in [0.2, 0.25) is 5.15 Å². The Morgan fingerprint density at radius 1 is 1.42 bits per heavy atom. The van der Waals surface area contributed by atoms with Crippen LogP contribution in [-0.4, -0.2) is 53.3 Å². The fourth-order valence-corrected chi connectivity index (χ4v) is 4.12. The molecule has 1 atom stereocenters. The second kappa shape index (κ2) is 6.84. The first-order valence-corrected chi connectivity index (χ1v) is 9.64. The van der Waals surface area contributed by atoms with Gasteiger partial charge in [0, 0.05) is 24.8 Å². The van der Waals surface area contributed by atoms with Crippen molar-refractivity contribution >= 4 is 27.5 Å². The van der Waals surface area contributed by atoms with Crippen molar-refractivity contribution < 1.29 is 17.9 Å². The van der Waals surface area contributed by atoms with Gasteiger partial charge in [-0.05, 0) is 40.5 Å². The van der Waals surface area contributed by atoms with Gasteiger partial charge in [-0.2, -0.15) is 0 Å². The maximum absolute atomic E-state index is 12.7. The van der Waals surface area contributed by atoms with E-state index in [4.69, 9.17) is 16.3 Å². The summed E-state index contributed by atoms with van der Waals surface area (Å²) >= 11 is 5.91. The van der Waals surface area contributed by atoms with Crippen molar-refractivity contribution in [3.63, 3.8) is 0 Å². The van der Waals surface area contributed by atoms with Crippen LogP contribution in [0.1, 0.15) is 39.2 Å². The highest BCUT2D eigenvalue weighted by Gasteiger charge is 2.37. The standard InChI is InChI=1S/C15H22ClN3O4S/c1-10-8-17-13(18-12(10)16)24(21,22)11-6-5-7-19(9-11)14(20)23-15(2,3)4/h8,11H,5-7,9H2,1-4H3. The number of likely N-dealkylation sites (tertiary alicyclic amines) is 1. The van der Waals surface area contributed by atoms with E-state index in [2.05, 4.69) is 9.97 Å². The molecular formula is C15H22ClN3O4S. The average molecular weight is 376 g/mol. The molecule has 7 nitrogen and oxygen atoms in total. The van der Waals surface area contributed by atoms with Crippen LogP contribution in [0.3, 0.4) is 0 Å². The Morgan fingerprint density at radius 3 is 2.67 bits per heavy atom. The highest BCUT2D eigenvalue weighted by atomic mass is 35.5. The molecule has 1 unspecified atom stereocenters. The number of sulfone groups is 1. The highest BCUT2D eigenvalue weighted by Crippen LogP contribution is 2.24. The lowest BCUT2D eigenvalue weighted by molar-refractivity contribution is 0.0219. The summed E-state index contributed by atoms with van der Waals surface area (Å²) in [6, 6.07) is 0. The Kier molecular flexibility index (Phi) is 5.39. The summed E-state index contributed by atoms with van der Waals surface area (Å²) in [5.74, 6) is 0. The Morgan fingerprint density at radius 2 is 2.08 bits per heavy atom. The Labute approximate surface area is 147 Å². The third kappa shape index (κ3) is 4.36. The third-order valence-electron chi connectivity index (χ3n) is 3.61. The Bertz CT molecular complexity index is 731. The number of rotatable bonds is 2. The Balaban J connectivity index is 2.18. The van der Waals surface area contributed by atoms with E-state index < -0.39 is 26.8 Å². The molecule has 0 N–H and O–H groups in total. The zero-order valence-corrected chi connectivity index (χ0v) is 15.8. The molecule has 0 radical (unpaired) electrons. The van der Waals surface area contributed by atoms with Crippen LogP contribution in [0.25, 0.3) is 0 Å². The molecule has 2 rings (SSSR count). The van der Waals surface area contributed by atoms with Crippen LogP contribution in [0.4, 0.5) is 4.79 Å².